The molecule has 3 aromatic rings. The second-order valence-electron chi connectivity index (χ2n) is 8.63. The van der Waals surface area contributed by atoms with Crippen molar-refractivity contribution in [1.29, 1.82) is 0 Å². The largest absolute Gasteiger partial charge is 0.444 e. The van der Waals surface area contributed by atoms with Gasteiger partial charge in [0, 0.05) is 12.7 Å². The highest BCUT2D eigenvalue weighted by Crippen LogP contribution is 2.35. The number of ether oxygens (including phenoxy) is 1. The highest BCUT2D eigenvalue weighted by atomic mass is 16.6. The normalized spacial score (nSPS) is 13.2. The second kappa shape index (κ2) is 9.18. The highest BCUT2D eigenvalue weighted by Gasteiger charge is 2.24. The molecule has 3 rings (SSSR count). The van der Waals surface area contributed by atoms with E-state index in [1.54, 1.807) is 7.05 Å². The molecule has 0 fully saturated rings. The van der Waals surface area contributed by atoms with E-state index in [0.29, 0.717) is 5.82 Å². The van der Waals surface area contributed by atoms with E-state index in [4.69, 9.17) is 14.7 Å². The molecule has 1 aromatic carbocycles. The Bertz CT molecular complexity index is 1140. The molecule has 0 aliphatic heterocycles. The van der Waals surface area contributed by atoms with Gasteiger partial charge in [-0.15, -0.1) is 0 Å². The van der Waals surface area contributed by atoms with Gasteiger partial charge < -0.3 is 15.4 Å². The van der Waals surface area contributed by atoms with Gasteiger partial charge in [-0.25, -0.2) is 14.8 Å². The van der Waals surface area contributed by atoms with Crippen molar-refractivity contribution in [3.05, 3.63) is 45.9 Å². The Labute approximate surface area is 190 Å². The number of aromatic nitrogens is 3. The fourth-order valence-electron chi connectivity index (χ4n) is 4.51. The van der Waals surface area contributed by atoms with Crippen molar-refractivity contribution in [1.82, 2.24) is 19.9 Å². The van der Waals surface area contributed by atoms with E-state index in [1.807, 2.05) is 13.8 Å². The maximum absolute atomic E-state index is 11.7. The number of fused-ring (bicyclic) bond motifs is 1. The summed E-state index contributed by atoms with van der Waals surface area (Å²) in [6.07, 6.45) is 0.0121. The summed E-state index contributed by atoms with van der Waals surface area (Å²) >= 11 is 0. The minimum Gasteiger partial charge on any atom is -0.444 e. The number of alkyl carbamates (subject to hydrolysis) is 1. The molecule has 172 valence electrons. The second-order valence-corrected chi connectivity index (χ2v) is 8.63. The van der Waals surface area contributed by atoms with E-state index in [0.717, 1.165) is 34.5 Å². The van der Waals surface area contributed by atoms with Crippen LogP contribution in [0.15, 0.2) is 12.1 Å². The van der Waals surface area contributed by atoms with Crippen LogP contribution in [0.3, 0.4) is 0 Å². The van der Waals surface area contributed by atoms with E-state index in [2.05, 4.69) is 68.9 Å². The van der Waals surface area contributed by atoms with Crippen LogP contribution in [0.2, 0.25) is 0 Å². The first-order valence-corrected chi connectivity index (χ1v) is 11.2. The summed E-state index contributed by atoms with van der Waals surface area (Å²) in [6.45, 7) is 16.5. The van der Waals surface area contributed by atoms with Crippen LogP contribution in [0.5, 0.6) is 0 Å². The number of rotatable bonds is 6. The van der Waals surface area contributed by atoms with Gasteiger partial charge in [0.2, 0.25) is 0 Å². The van der Waals surface area contributed by atoms with Crippen LogP contribution in [0, 0.1) is 41.5 Å². The first kappa shape index (κ1) is 23.6. The molecule has 2 aromatic heterocycles. The van der Waals surface area contributed by atoms with Crippen LogP contribution in [0.25, 0.3) is 16.7 Å². The van der Waals surface area contributed by atoms with Gasteiger partial charge in [-0.2, -0.15) is 0 Å². The molecule has 7 nitrogen and oxygen atoms in total. The molecular weight excluding hydrogens is 402 g/mol. The lowest BCUT2D eigenvalue weighted by atomic mass is 10.0. The quantitative estimate of drug-likeness (QED) is 0.553. The van der Waals surface area contributed by atoms with Crippen molar-refractivity contribution in [2.45, 2.75) is 74.0 Å². The number of hydrogen-bond donors (Lipinski definition) is 2. The molecule has 0 saturated carbocycles. The molecule has 0 bridgehead atoms. The van der Waals surface area contributed by atoms with E-state index >= 15 is 0 Å². The molecule has 0 radical (unpaired) electrons. The predicted molar refractivity (Wildman–Crippen MR) is 130 cm³/mol. The molecule has 2 N–H and O–H groups in total. The lowest BCUT2D eigenvalue weighted by Gasteiger charge is -2.25. The van der Waals surface area contributed by atoms with Crippen LogP contribution in [0.1, 0.15) is 54.0 Å². The summed E-state index contributed by atoms with van der Waals surface area (Å²) in [5, 5.41) is 7.05. The summed E-state index contributed by atoms with van der Waals surface area (Å²) in [7, 11) is 1.56. The molecule has 2 heterocycles. The number of carbonyl (C=O) groups is 1. The van der Waals surface area contributed by atoms with Crippen LogP contribution in [-0.2, 0) is 4.74 Å². The lowest BCUT2D eigenvalue weighted by Crippen LogP contribution is -2.37. The van der Waals surface area contributed by atoms with Crippen molar-refractivity contribution in [3.8, 4) is 5.69 Å². The molecule has 0 spiro atoms. The Hall–Kier alpha value is -3.09. The molecule has 2 unspecified atom stereocenters. The van der Waals surface area contributed by atoms with Crippen LogP contribution in [0.4, 0.5) is 10.6 Å². The average molecular weight is 438 g/mol. The Morgan fingerprint density at radius 3 is 2.28 bits per heavy atom. The van der Waals surface area contributed by atoms with E-state index in [-0.39, 0.29) is 12.1 Å². The number of carbonyl (C=O) groups excluding carboxylic acids is 1. The van der Waals surface area contributed by atoms with E-state index < -0.39 is 6.09 Å². The summed E-state index contributed by atoms with van der Waals surface area (Å²) < 4.78 is 7.73. The highest BCUT2D eigenvalue weighted by molar-refractivity contribution is 5.93. The van der Waals surface area contributed by atoms with Crippen LogP contribution < -0.4 is 10.6 Å². The molecule has 0 aliphatic carbocycles. The molecular formula is C25H35N5O2. The van der Waals surface area contributed by atoms with E-state index in [9.17, 15) is 4.79 Å². The van der Waals surface area contributed by atoms with Crippen LogP contribution in [-0.4, -0.2) is 39.8 Å². The Kier molecular flexibility index (Phi) is 6.77. The topological polar surface area (TPSA) is 81.1 Å². The number of aryl methyl sites for hydroxylation is 5. The molecule has 7 heteroatoms. The Morgan fingerprint density at radius 2 is 1.72 bits per heavy atom. The van der Waals surface area contributed by atoms with Crippen molar-refractivity contribution >= 4 is 22.9 Å². The fourth-order valence-corrected chi connectivity index (χ4v) is 4.51. The SMILES string of the molecule is CCC(Nc1nc(C)nc2c1c(C)c(C)n2-c1c(C)cc(C)cc1C)C(C)OC(=O)NC. The van der Waals surface area contributed by atoms with Gasteiger partial charge in [0.25, 0.3) is 0 Å². The fraction of sp³-hybridized carbons (Fsp3) is 0.480. The van der Waals surface area contributed by atoms with Crippen molar-refractivity contribution in [2.24, 2.45) is 0 Å². The van der Waals surface area contributed by atoms with Gasteiger partial charge in [-0.1, -0.05) is 24.6 Å². The Balaban J connectivity index is 2.17. The lowest BCUT2D eigenvalue weighted by molar-refractivity contribution is 0.0973. The minimum absolute atomic E-state index is 0.0873. The van der Waals surface area contributed by atoms with Crippen molar-refractivity contribution in [3.63, 3.8) is 0 Å². The zero-order valence-electron chi connectivity index (χ0n) is 20.7. The monoisotopic (exact) mass is 437 g/mol. The first-order valence-electron chi connectivity index (χ1n) is 11.2. The summed E-state index contributed by atoms with van der Waals surface area (Å²) in [4.78, 5) is 21.3. The Morgan fingerprint density at radius 1 is 1.09 bits per heavy atom. The smallest absolute Gasteiger partial charge is 0.407 e. The standard InChI is InChI=1S/C25H35N5O2/c1-10-20(18(7)32-25(31)26-9)29-23-21-16(5)17(6)30(24(21)28-19(8)27-23)22-14(3)11-13(2)12-15(22)4/h11-12,18,20H,10H2,1-9H3,(H,26,31)(H,27,28,29). The number of nitrogens with one attached hydrogen (secondary N) is 2. The minimum atomic E-state index is -0.440. The molecule has 32 heavy (non-hydrogen) atoms. The first-order chi connectivity index (χ1) is 15.1. The maximum atomic E-state index is 11.7. The third-order valence-corrected chi connectivity index (χ3v) is 6.15. The molecule has 0 aliphatic rings. The molecule has 2 atom stereocenters. The number of amides is 1. The average Bonchev–Trinajstić information content (AvgIpc) is 2.95. The number of anilines is 1. The van der Waals surface area contributed by atoms with Gasteiger partial charge in [0.05, 0.1) is 17.1 Å². The zero-order chi connectivity index (χ0) is 23.7. The van der Waals surface area contributed by atoms with Gasteiger partial charge in [0.1, 0.15) is 17.7 Å². The third kappa shape index (κ3) is 4.29. The summed E-state index contributed by atoms with van der Waals surface area (Å²) in [6, 6.07) is 4.33. The molecule has 0 saturated heterocycles. The molecule has 1 amide bonds. The zero-order valence-corrected chi connectivity index (χ0v) is 20.7. The maximum Gasteiger partial charge on any atom is 0.407 e. The summed E-state index contributed by atoms with van der Waals surface area (Å²) in [5.41, 5.74) is 8.01. The van der Waals surface area contributed by atoms with Gasteiger partial charge in [-0.05, 0) is 71.6 Å². The van der Waals surface area contributed by atoms with E-state index in [1.165, 1.54) is 22.4 Å². The summed E-state index contributed by atoms with van der Waals surface area (Å²) in [5.74, 6) is 1.46. The third-order valence-electron chi connectivity index (χ3n) is 6.15. The van der Waals surface area contributed by atoms with Gasteiger partial charge >= 0.3 is 6.09 Å². The van der Waals surface area contributed by atoms with Crippen molar-refractivity contribution in [2.75, 3.05) is 12.4 Å². The van der Waals surface area contributed by atoms with Crippen molar-refractivity contribution < 1.29 is 9.53 Å². The predicted octanol–water partition coefficient (Wildman–Crippen LogP) is 5.21. The van der Waals surface area contributed by atoms with Gasteiger partial charge in [-0.3, -0.25) is 4.57 Å². The number of benzene rings is 1. The number of nitrogens with zero attached hydrogens (tertiary/aromatic N) is 3. The van der Waals surface area contributed by atoms with Crippen LogP contribution >= 0.6 is 0 Å². The van der Waals surface area contributed by atoms with Gasteiger partial charge in [0.15, 0.2) is 5.65 Å². The number of hydrogen-bond acceptors (Lipinski definition) is 5.